The summed E-state index contributed by atoms with van der Waals surface area (Å²) in [5.41, 5.74) is 9.60. The monoisotopic (exact) mass is 443 g/mol. The van der Waals surface area contributed by atoms with Crippen molar-refractivity contribution in [1.82, 2.24) is 15.0 Å². The van der Waals surface area contributed by atoms with Crippen LogP contribution < -0.4 is 11.1 Å². The van der Waals surface area contributed by atoms with Crippen LogP contribution in [-0.2, 0) is 9.84 Å². The van der Waals surface area contributed by atoms with E-state index in [1.54, 1.807) is 0 Å². The molecule has 0 spiro atoms. The SMILES string of the molecule is Cc1cccc(C)c1-c1nc(Nc2ccc(S(C)(=O)=O)c(F)c2)c2nc(N)sc2n1. The lowest BCUT2D eigenvalue weighted by atomic mass is 10.0. The number of nitrogen functional groups attached to an aromatic ring is 1. The minimum Gasteiger partial charge on any atom is -0.375 e. The summed E-state index contributed by atoms with van der Waals surface area (Å²) in [6.45, 7) is 3.95. The van der Waals surface area contributed by atoms with Gasteiger partial charge in [-0.3, -0.25) is 0 Å². The largest absolute Gasteiger partial charge is 0.375 e. The fraction of sp³-hybridized carbons (Fsp3) is 0.150. The Morgan fingerprint density at radius 3 is 2.40 bits per heavy atom. The van der Waals surface area contributed by atoms with Crippen LogP contribution in [0.3, 0.4) is 0 Å². The van der Waals surface area contributed by atoms with E-state index < -0.39 is 15.7 Å². The molecule has 2 heterocycles. The van der Waals surface area contributed by atoms with Crippen molar-refractivity contribution in [1.29, 1.82) is 0 Å². The van der Waals surface area contributed by atoms with Crippen LogP contribution in [0.1, 0.15) is 11.1 Å². The van der Waals surface area contributed by atoms with E-state index in [4.69, 9.17) is 5.73 Å². The van der Waals surface area contributed by atoms with Crippen LogP contribution in [-0.4, -0.2) is 29.6 Å². The van der Waals surface area contributed by atoms with Crippen molar-refractivity contribution in [2.75, 3.05) is 17.3 Å². The number of rotatable bonds is 4. The number of aryl methyl sites for hydroxylation is 2. The number of nitrogens with two attached hydrogens (primary N) is 1. The molecule has 0 aliphatic rings. The minimum absolute atomic E-state index is 0.332. The zero-order chi connectivity index (χ0) is 21.6. The Balaban J connectivity index is 1.86. The van der Waals surface area contributed by atoms with Crippen LogP contribution in [0.4, 0.5) is 21.0 Å². The van der Waals surface area contributed by atoms with Crippen LogP contribution in [0.15, 0.2) is 41.3 Å². The number of hydrogen-bond donors (Lipinski definition) is 2. The van der Waals surface area contributed by atoms with Crippen molar-refractivity contribution in [2.45, 2.75) is 18.7 Å². The molecular formula is C20H18FN5O2S2. The van der Waals surface area contributed by atoms with Gasteiger partial charge in [0.15, 0.2) is 31.4 Å². The van der Waals surface area contributed by atoms with Gasteiger partial charge in [0, 0.05) is 17.5 Å². The topological polar surface area (TPSA) is 111 Å². The van der Waals surface area contributed by atoms with Crippen LogP contribution in [0, 0.1) is 19.7 Å². The van der Waals surface area contributed by atoms with Gasteiger partial charge >= 0.3 is 0 Å². The maximum atomic E-state index is 14.3. The van der Waals surface area contributed by atoms with E-state index >= 15 is 0 Å². The van der Waals surface area contributed by atoms with E-state index in [-0.39, 0.29) is 4.90 Å². The quantitative estimate of drug-likeness (QED) is 0.485. The van der Waals surface area contributed by atoms with E-state index in [1.807, 2.05) is 32.0 Å². The number of benzene rings is 2. The Morgan fingerprint density at radius 2 is 1.77 bits per heavy atom. The molecule has 0 bridgehead atoms. The number of thiazole rings is 1. The second-order valence-electron chi connectivity index (χ2n) is 6.91. The molecule has 7 nitrogen and oxygen atoms in total. The normalized spacial score (nSPS) is 11.7. The third kappa shape index (κ3) is 3.71. The Morgan fingerprint density at radius 1 is 1.07 bits per heavy atom. The molecular weight excluding hydrogens is 425 g/mol. The maximum Gasteiger partial charge on any atom is 0.182 e. The summed E-state index contributed by atoms with van der Waals surface area (Å²) in [5.74, 6) is 0.00940. The van der Waals surface area contributed by atoms with Gasteiger partial charge in [-0.1, -0.05) is 29.5 Å². The van der Waals surface area contributed by atoms with Gasteiger partial charge in [0.2, 0.25) is 0 Å². The molecule has 0 amide bonds. The number of sulfone groups is 1. The number of nitrogens with one attached hydrogen (secondary N) is 1. The molecule has 0 saturated heterocycles. The summed E-state index contributed by atoms with van der Waals surface area (Å²) in [6, 6.07) is 9.71. The second-order valence-corrected chi connectivity index (χ2v) is 9.90. The van der Waals surface area contributed by atoms with Crippen molar-refractivity contribution in [3.05, 3.63) is 53.3 Å². The zero-order valence-corrected chi connectivity index (χ0v) is 18.0. The van der Waals surface area contributed by atoms with Crippen LogP contribution in [0.2, 0.25) is 0 Å². The van der Waals surface area contributed by atoms with Gasteiger partial charge in [-0.25, -0.2) is 27.8 Å². The lowest BCUT2D eigenvalue weighted by Crippen LogP contribution is -2.03. The zero-order valence-electron chi connectivity index (χ0n) is 16.4. The molecule has 0 radical (unpaired) electrons. The number of hydrogen-bond acceptors (Lipinski definition) is 8. The van der Waals surface area contributed by atoms with E-state index in [1.165, 1.54) is 23.5 Å². The summed E-state index contributed by atoms with van der Waals surface area (Å²) in [5, 5.41) is 3.36. The van der Waals surface area contributed by atoms with Gasteiger partial charge in [0.1, 0.15) is 16.2 Å². The molecule has 0 saturated carbocycles. The number of nitrogens with zero attached hydrogens (tertiary/aromatic N) is 3. The molecule has 0 aliphatic carbocycles. The first kappa shape index (κ1) is 20.2. The fourth-order valence-corrected chi connectivity index (χ4v) is 4.65. The molecule has 4 aromatic rings. The first-order valence-corrected chi connectivity index (χ1v) is 11.6. The summed E-state index contributed by atoms with van der Waals surface area (Å²) in [7, 11) is -3.66. The Bertz CT molecular complexity index is 1380. The highest BCUT2D eigenvalue weighted by Crippen LogP contribution is 2.33. The van der Waals surface area contributed by atoms with Crippen molar-refractivity contribution in [2.24, 2.45) is 0 Å². The highest BCUT2D eigenvalue weighted by molar-refractivity contribution is 7.90. The fourth-order valence-electron chi connectivity index (χ4n) is 3.22. The van der Waals surface area contributed by atoms with Crippen molar-refractivity contribution in [3.63, 3.8) is 0 Å². The minimum atomic E-state index is -3.66. The van der Waals surface area contributed by atoms with E-state index in [0.29, 0.717) is 32.8 Å². The first-order chi connectivity index (χ1) is 14.1. The third-order valence-electron chi connectivity index (χ3n) is 4.57. The van der Waals surface area contributed by atoms with Crippen molar-refractivity contribution >= 4 is 48.2 Å². The first-order valence-electron chi connectivity index (χ1n) is 8.91. The van der Waals surface area contributed by atoms with Crippen LogP contribution in [0.25, 0.3) is 21.7 Å². The lowest BCUT2D eigenvalue weighted by molar-refractivity contribution is 0.571. The molecule has 2 aromatic heterocycles. The van der Waals surface area contributed by atoms with E-state index in [2.05, 4.69) is 20.3 Å². The standard InChI is InChI=1S/C20H18FN5O2S2/c1-10-5-4-6-11(2)15(10)17-25-18(16-19(26-17)29-20(22)24-16)23-12-7-8-14(13(21)9-12)30(3,27)28/h4-9H,1-3H3,(H2,22,24)(H,23,25,26). The van der Waals surface area contributed by atoms with Gasteiger partial charge in [-0.15, -0.1) is 0 Å². The summed E-state index contributed by atoms with van der Waals surface area (Å²) >= 11 is 1.23. The summed E-state index contributed by atoms with van der Waals surface area (Å²) in [4.78, 5) is 13.8. The van der Waals surface area contributed by atoms with Crippen LogP contribution in [0.5, 0.6) is 0 Å². The van der Waals surface area contributed by atoms with E-state index in [9.17, 15) is 12.8 Å². The average molecular weight is 444 g/mol. The van der Waals surface area contributed by atoms with E-state index in [0.717, 1.165) is 29.0 Å². The molecule has 30 heavy (non-hydrogen) atoms. The van der Waals surface area contributed by atoms with Crippen LogP contribution >= 0.6 is 11.3 Å². The third-order valence-corrected chi connectivity index (χ3v) is 6.48. The molecule has 4 rings (SSSR count). The predicted molar refractivity (Wildman–Crippen MR) is 117 cm³/mol. The Kier molecular flexibility index (Phi) is 4.91. The average Bonchev–Trinajstić information content (AvgIpc) is 3.01. The highest BCUT2D eigenvalue weighted by atomic mass is 32.2. The van der Waals surface area contributed by atoms with Crippen molar-refractivity contribution < 1.29 is 12.8 Å². The smallest absolute Gasteiger partial charge is 0.182 e. The Labute approximate surface area is 176 Å². The highest BCUT2D eigenvalue weighted by Gasteiger charge is 2.18. The summed E-state index contributed by atoms with van der Waals surface area (Å²) in [6.07, 6.45) is 0.960. The molecule has 0 aliphatic heterocycles. The van der Waals surface area contributed by atoms with Gasteiger partial charge in [-0.2, -0.15) is 0 Å². The second kappa shape index (κ2) is 7.29. The van der Waals surface area contributed by atoms with Gasteiger partial charge in [0.25, 0.3) is 0 Å². The maximum absolute atomic E-state index is 14.3. The molecule has 0 atom stereocenters. The molecule has 0 unspecified atom stereocenters. The van der Waals surface area contributed by atoms with Gasteiger partial charge in [-0.05, 0) is 43.2 Å². The molecule has 0 fully saturated rings. The molecule has 2 aromatic carbocycles. The molecule has 10 heteroatoms. The molecule has 154 valence electrons. The predicted octanol–water partition coefficient (Wildman–Crippen LogP) is 4.24. The number of anilines is 3. The number of halogens is 1. The van der Waals surface area contributed by atoms with Gasteiger partial charge in [0.05, 0.1) is 0 Å². The van der Waals surface area contributed by atoms with Gasteiger partial charge < -0.3 is 11.1 Å². The Hall–Kier alpha value is -3.11. The van der Waals surface area contributed by atoms with Crippen molar-refractivity contribution in [3.8, 4) is 11.4 Å². The lowest BCUT2D eigenvalue weighted by Gasteiger charge is -2.12. The number of aromatic nitrogens is 3. The molecule has 3 N–H and O–H groups in total. The summed E-state index contributed by atoms with van der Waals surface area (Å²) < 4.78 is 37.7. The number of fused-ring (bicyclic) bond motifs is 1.